The van der Waals surface area contributed by atoms with E-state index in [1.807, 2.05) is 12.1 Å². The average molecular weight is 354 g/mol. The molecule has 1 fully saturated rings. The van der Waals surface area contributed by atoms with Crippen molar-refractivity contribution >= 4 is 0 Å². The Morgan fingerprint density at radius 2 is 1.73 bits per heavy atom. The number of ether oxygens (including phenoxy) is 2. The minimum Gasteiger partial charge on any atom is -0.497 e. The van der Waals surface area contributed by atoms with E-state index >= 15 is 0 Å². The van der Waals surface area contributed by atoms with Crippen molar-refractivity contribution in [3.8, 4) is 11.5 Å². The molecule has 140 valence electrons. The highest BCUT2D eigenvalue weighted by atomic mass is 16.5. The van der Waals surface area contributed by atoms with Gasteiger partial charge in [0.25, 0.3) is 0 Å². The van der Waals surface area contributed by atoms with Crippen LogP contribution in [0.15, 0.2) is 48.5 Å². The van der Waals surface area contributed by atoms with E-state index in [9.17, 15) is 0 Å². The Hall–Kier alpha value is -2.00. The largest absolute Gasteiger partial charge is 0.497 e. The Balaban J connectivity index is 1.40. The number of likely N-dealkylation sites (tertiary alicyclic amines) is 1. The summed E-state index contributed by atoms with van der Waals surface area (Å²) in [5, 5.41) is 0. The van der Waals surface area contributed by atoms with Crippen LogP contribution >= 0.6 is 0 Å². The van der Waals surface area contributed by atoms with Gasteiger partial charge in [0.1, 0.15) is 11.5 Å². The SMILES string of the molecule is COc1cccc(CCC2CCN(CCc3ccccc3OC)CC2)c1. The van der Waals surface area contributed by atoms with Crippen LogP contribution in [-0.4, -0.2) is 38.8 Å². The first-order valence-electron chi connectivity index (χ1n) is 9.75. The molecule has 0 N–H and O–H groups in total. The molecular weight excluding hydrogens is 322 g/mol. The number of hydrogen-bond donors (Lipinski definition) is 0. The minimum atomic E-state index is 0.851. The van der Waals surface area contributed by atoms with Crippen LogP contribution in [0.4, 0.5) is 0 Å². The summed E-state index contributed by atoms with van der Waals surface area (Å²) in [6.07, 6.45) is 6.14. The van der Waals surface area contributed by atoms with Gasteiger partial charge in [0.2, 0.25) is 0 Å². The summed E-state index contributed by atoms with van der Waals surface area (Å²) in [7, 11) is 3.49. The lowest BCUT2D eigenvalue weighted by Gasteiger charge is -2.32. The number of methoxy groups -OCH3 is 2. The van der Waals surface area contributed by atoms with Crippen LogP contribution in [0.2, 0.25) is 0 Å². The summed E-state index contributed by atoms with van der Waals surface area (Å²) >= 11 is 0. The second-order valence-electron chi connectivity index (χ2n) is 7.24. The number of para-hydroxylation sites is 1. The lowest BCUT2D eigenvalue weighted by molar-refractivity contribution is 0.180. The van der Waals surface area contributed by atoms with Crippen LogP contribution in [-0.2, 0) is 12.8 Å². The zero-order valence-electron chi connectivity index (χ0n) is 16.1. The van der Waals surface area contributed by atoms with Gasteiger partial charge < -0.3 is 14.4 Å². The Morgan fingerprint density at radius 3 is 2.50 bits per heavy atom. The number of rotatable bonds is 8. The minimum absolute atomic E-state index is 0.851. The average Bonchev–Trinajstić information content (AvgIpc) is 2.72. The molecule has 0 atom stereocenters. The third kappa shape index (κ3) is 5.25. The predicted molar refractivity (Wildman–Crippen MR) is 107 cm³/mol. The van der Waals surface area contributed by atoms with E-state index in [0.717, 1.165) is 36.8 Å². The molecule has 1 heterocycles. The van der Waals surface area contributed by atoms with Gasteiger partial charge >= 0.3 is 0 Å². The Kier molecular flexibility index (Phi) is 6.96. The molecule has 3 nitrogen and oxygen atoms in total. The fourth-order valence-electron chi connectivity index (χ4n) is 3.89. The molecule has 2 aromatic carbocycles. The smallest absolute Gasteiger partial charge is 0.122 e. The molecular formula is C23H31NO2. The number of nitrogens with zero attached hydrogens (tertiary/aromatic N) is 1. The zero-order valence-corrected chi connectivity index (χ0v) is 16.1. The molecule has 0 bridgehead atoms. The van der Waals surface area contributed by atoms with Gasteiger partial charge in [-0.3, -0.25) is 0 Å². The van der Waals surface area contributed by atoms with E-state index in [4.69, 9.17) is 9.47 Å². The quantitative estimate of drug-likeness (QED) is 0.693. The highest BCUT2D eigenvalue weighted by molar-refractivity contribution is 5.33. The maximum absolute atomic E-state index is 5.47. The molecule has 0 amide bonds. The van der Waals surface area contributed by atoms with E-state index in [2.05, 4.69) is 41.3 Å². The van der Waals surface area contributed by atoms with E-state index in [1.165, 1.54) is 43.5 Å². The lowest BCUT2D eigenvalue weighted by atomic mass is 9.90. The molecule has 2 aromatic rings. The van der Waals surface area contributed by atoms with Gasteiger partial charge in [-0.2, -0.15) is 0 Å². The molecule has 1 aliphatic heterocycles. The monoisotopic (exact) mass is 353 g/mol. The number of piperidine rings is 1. The normalized spacial score (nSPS) is 15.8. The van der Waals surface area contributed by atoms with Gasteiger partial charge in [0.15, 0.2) is 0 Å². The van der Waals surface area contributed by atoms with Crippen molar-refractivity contribution in [3.05, 3.63) is 59.7 Å². The van der Waals surface area contributed by atoms with Gasteiger partial charge in [-0.1, -0.05) is 30.3 Å². The van der Waals surface area contributed by atoms with Crippen LogP contribution in [0, 0.1) is 5.92 Å². The summed E-state index contributed by atoms with van der Waals surface area (Å²) in [6, 6.07) is 16.9. The van der Waals surface area contributed by atoms with E-state index < -0.39 is 0 Å². The van der Waals surface area contributed by atoms with Crippen molar-refractivity contribution in [1.82, 2.24) is 4.90 Å². The molecule has 3 rings (SSSR count). The molecule has 0 aliphatic carbocycles. The van der Waals surface area contributed by atoms with Crippen molar-refractivity contribution in [2.24, 2.45) is 5.92 Å². The summed E-state index contributed by atoms with van der Waals surface area (Å²) < 4.78 is 10.8. The van der Waals surface area contributed by atoms with Crippen LogP contribution in [0.3, 0.4) is 0 Å². The third-order valence-corrected chi connectivity index (χ3v) is 5.57. The Labute approximate surface area is 157 Å². The fourth-order valence-corrected chi connectivity index (χ4v) is 3.89. The molecule has 1 saturated heterocycles. The van der Waals surface area contributed by atoms with E-state index in [1.54, 1.807) is 14.2 Å². The standard InChI is InChI=1S/C23H31NO2/c1-25-22-8-5-6-20(18-22)11-10-19-12-15-24(16-13-19)17-14-21-7-3-4-9-23(21)26-2/h3-9,18-19H,10-17H2,1-2H3. The van der Waals surface area contributed by atoms with E-state index in [0.29, 0.717) is 0 Å². The molecule has 3 heteroatoms. The van der Waals surface area contributed by atoms with Gasteiger partial charge in [-0.15, -0.1) is 0 Å². The first-order chi connectivity index (χ1) is 12.8. The second kappa shape index (κ2) is 9.63. The molecule has 0 spiro atoms. The predicted octanol–water partition coefficient (Wildman–Crippen LogP) is 4.59. The topological polar surface area (TPSA) is 21.7 Å². The summed E-state index contributed by atoms with van der Waals surface area (Å²) in [5.74, 6) is 2.83. The van der Waals surface area contributed by atoms with Crippen molar-refractivity contribution in [2.45, 2.75) is 32.1 Å². The first kappa shape index (κ1) is 18.8. The van der Waals surface area contributed by atoms with Crippen molar-refractivity contribution < 1.29 is 9.47 Å². The lowest BCUT2D eigenvalue weighted by Crippen LogP contribution is -2.35. The molecule has 0 unspecified atom stereocenters. The highest BCUT2D eigenvalue weighted by Gasteiger charge is 2.19. The Morgan fingerprint density at radius 1 is 0.923 bits per heavy atom. The van der Waals surface area contributed by atoms with Crippen molar-refractivity contribution in [1.29, 1.82) is 0 Å². The summed E-state index contributed by atoms with van der Waals surface area (Å²) in [5.41, 5.74) is 2.71. The number of aryl methyl sites for hydroxylation is 1. The number of benzene rings is 2. The highest BCUT2D eigenvalue weighted by Crippen LogP contribution is 2.24. The summed E-state index contributed by atoms with van der Waals surface area (Å²) in [4.78, 5) is 2.61. The van der Waals surface area contributed by atoms with Gasteiger partial charge in [0.05, 0.1) is 14.2 Å². The molecule has 0 radical (unpaired) electrons. The summed E-state index contributed by atoms with van der Waals surface area (Å²) in [6.45, 7) is 3.57. The molecule has 0 aromatic heterocycles. The molecule has 0 saturated carbocycles. The zero-order chi connectivity index (χ0) is 18.2. The van der Waals surface area contributed by atoms with Crippen LogP contribution < -0.4 is 9.47 Å². The number of hydrogen-bond acceptors (Lipinski definition) is 3. The molecule has 26 heavy (non-hydrogen) atoms. The maximum Gasteiger partial charge on any atom is 0.122 e. The van der Waals surface area contributed by atoms with Crippen LogP contribution in [0.1, 0.15) is 30.4 Å². The first-order valence-corrected chi connectivity index (χ1v) is 9.75. The van der Waals surface area contributed by atoms with Gasteiger partial charge in [-0.05, 0) is 80.4 Å². The Bertz CT molecular complexity index is 677. The van der Waals surface area contributed by atoms with Gasteiger partial charge in [0, 0.05) is 6.54 Å². The van der Waals surface area contributed by atoms with Crippen molar-refractivity contribution in [3.63, 3.8) is 0 Å². The second-order valence-corrected chi connectivity index (χ2v) is 7.24. The maximum atomic E-state index is 5.47. The van der Waals surface area contributed by atoms with Gasteiger partial charge in [-0.25, -0.2) is 0 Å². The van der Waals surface area contributed by atoms with Crippen LogP contribution in [0.25, 0.3) is 0 Å². The van der Waals surface area contributed by atoms with Crippen LogP contribution in [0.5, 0.6) is 11.5 Å². The third-order valence-electron chi connectivity index (χ3n) is 5.57. The van der Waals surface area contributed by atoms with Crippen molar-refractivity contribution in [2.75, 3.05) is 33.9 Å². The molecule has 1 aliphatic rings. The fraction of sp³-hybridized carbons (Fsp3) is 0.478. The van der Waals surface area contributed by atoms with E-state index in [-0.39, 0.29) is 0 Å².